The first-order chi connectivity index (χ1) is 8.83. The summed E-state index contributed by atoms with van der Waals surface area (Å²) >= 11 is 0. The summed E-state index contributed by atoms with van der Waals surface area (Å²) in [6.45, 7) is 2.73. The van der Waals surface area contributed by atoms with E-state index in [-0.39, 0.29) is 0 Å². The molecule has 0 amide bonds. The second-order valence-electron chi connectivity index (χ2n) is 4.27. The molecule has 1 heterocycles. The van der Waals surface area contributed by atoms with Crippen LogP contribution in [0.4, 0.5) is 0 Å². The highest BCUT2D eigenvalue weighted by Crippen LogP contribution is 2.34. The molecule has 2 aromatic rings. The van der Waals surface area contributed by atoms with Gasteiger partial charge in [0.2, 0.25) is 0 Å². The van der Waals surface area contributed by atoms with E-state index in [1.54, 1.807) is 0 Å². The van der Waals surface area contributed by atoms with Gasteiger partial charge < -0.3 is 9.47 Å². The minimum Gasteiger partial charge on any atom is -0.489 e. The van der Waals surface area contributed by atoms with Crippen molar-refractivity contribution in [2.24, 2.45) is 0 Å². The smallest absolute Gasteiger partial charge is 0.131 e. The van der Waals surface area contributed by atoms with Gasteiger partial charge in [-0.15, -0.1) is 0 Å². The second-order valence-corrected chi connectivity index (χ2v) is 4.27. The molecule has 2 aromatic carbocycles. The highest BCUT2D eigenvalue weighted by Gasteiger charge is 2.11. The molecule has 0 aliphatic carbocycles. The Morgan fingerprint density at radius 3 is 2.67 bits per heavy atom. The van der Waals surface area contributed by atoms with Crippen LogP contribution < -0.4 is 9.47 Å². The molecule has 0 atom stereocenters. The van der Waals surface area contributed by atoms with Crippen LogP contribution in [0.5, 0.6) is 17.2 Å². The maximum absolute atomic E-state index is 5.78. The van der Waals surface area contributed by atoms with E-state index in [1.165, 1.54) is 5.57 Å². The Labute approximate surface area is 106 Å². The van der Waals surface area contributed by atoms with E-state index in [2.05, 4.69) is 13.0 Å². The van der Waals surface area contributed by atoms with Gasteiger partial charge in [0.15, 0.2) is 0 Å². The summed E-state index contributed by atoms with van der Waals surface area (Å²) in [6.07, 6.45) is 2.08. The van der Waals surface area contributed by atoms with Gasteiger partial charge in [-0.05, 0) is 42.8 Å². The zero-order valence-corrected chi connectivity index (χ0v) is 10.2. The van der Waals surface area contributed by atoms with Crippen molar-refractivity contribution in [1.82, 2.24) is 0 Å². The van der Waals surface area contributed by atoms with Gasteiger partial charge >= 0.3 is 0 Å². The fourth-order valence-electron chi connectivity index (χ4n) is 2.00. The first kappa shape index (κ1) is 10.9. The Morgan fingerprint density at radius 2 is 1.83 bits per heavy atom. The molecule has 2 nitrogen and oxygen atoms in total. The van der Waals surface area contributed by atoms with Gasteiger partial charge in [0.05, 0.1) is 0 Å². The third kappa shape index (κ3) is 2.09. The summed E-state index contributed by atoms with van der Waals surface area (Å²) in [7, 11) is 0. The lowest BCUT2D eigenvalue weighted by Gasteiger charge is -2.17. The molecule has 2 heteroatoms. The van der Waals surface area contributed by atoms with E-state index in [0.717, 1.165) is 22.8 Å². The van der Waals surface area contributed by atoms with E-state index in [0.29, 0.717) is 6.61 Å². The number of fused-ring (bicyclic) bond motifs is 1. The predicted octanol–water partition coefficient (Wildman–Crippen LogP) is 4.27. The average Bonchev–Trinajstić information content (AvgIpc) is 2.40. The van der Waals surface area contributed by atoms with Crippen molar-refractivity contribution in [2.45, 2.75) is 6.92 Å². The molecule has 0 spiro atoms. The zero-order valence-electron chi connectivity index (χ0n) is 10.2. The topological polar surface area (TPSA) is 18.5 Å². The summed E-state index contributed by atoms with van der Waals surface area (Å²) in [5.41, 5.74) is 2.39. The van der Waals surface area contributed by atoms with Gasteiger partial charge in [-0.2, -0.15) is 0 Å². The van der Waals surface area contributed by atoms with Crippen LogP contribution in [0.2, 0.25) is 0 Å². The van der Waals surface area contributed by atoms with Crippen LogP contribution in [-0.4, -0.2) is 6.61 Å². The summed E-state index contributed by atoms with van der Waals surface area (Å²) in [5, 5.41) is 0. The maximum atomic E-state index is 5.78. The van der Waals surface area contributed by atoms with Gasteiger partial charge in [0.1, 0.15) is 23.9 Å². The number of hydrogen-bond acceptors (Lipinski definition) is 2. The van der Waals surface area contributed by atoms with Crippen LogP contribution >= 0.6 is 0 Å². The third-order valence-electron chi connectivity index (χ3n) is 2.99. The minimum absolute atomic E-state index is 0.633. The molecule has 0 unspecified atom stereocenters. The standard InChI is InChI=1S/C16H14O2/c1-12-9-10-17-16-11-14(7-8-15(12)16)18-13-5-3-2-4-6-13/h2-9,11H,10H2,1H3. The van der Waals surface area contributed by atoms with Crippen molar-refractivity contribution in [3.05, 3.63) is 60.2 Å². The number of rotatable bonds is 2. The molecular formula is C16H14O2. The molecule has 0 N–H and O–H groups in total. The van der Waals surface area contributed by atoms with Crippen LogP contribution in [0.15, 0.2) is 54.6 Å². The average molecular weight is 238 g/mol. The SMILES string of the molecule is CC1=CCOc2cc(Oc3ccccc3)ccc21. The van der Waals surface area contributed by atoms with Crippen molar-refractivity contribution in [1.29, 1.82) is 0 Å². The fourth-order valence-corrected chi connectivity index (χ4v) is 2.00. The fraction of sp³-hybridized carbons (Fsp3) is 0.125. The number of hydrogen-bond donors (Lipinski definition) is 0. The highest BCUT2D eigenvalue weighted by atomic mass is 16.5. The lowest BCUT2D eigenvalue weighted by Crippen LogP contribution is -2.03. The molecular weight excluding hydrogens is 224 g/mol. The lowest BCUT2D eigenvalue weighted by atomic mass is 10.0. The molecule has 1 aliphatic rings. The van der Waals surface area contributed by atoms with Crippen molar-refractivity contribution in [2.75, 3.05) is 6.61 Å². The summed E-state index contributed by atoms with van der Waals surface area (Å²) < 4.78 is 11.4. The van der Waals surface area contributed by atoms with Crippen molar-refractivity contribution in [3.63, 3.8) is 0 Å². The number of ether oxygens (including phenoxy) is 2. The number of benzene rings is 2. The number of para-hydroxylation sites is 1. The van der Waals surface area contributed by atoms with Crippen molar-refractivity contribution >= 4 is 5.57 Å². The van der Waals surface area contributed by atoms with E-state index in [9.17, 15) is 0 Å². The van der Waals surface area contributed by atoms with Crippen LogP contribution in [0.3, 0.4) is 0 Å². The van der Waals surface area contributed by atoms with Gasteiger partial charge in [-0.25, -0.2) is 0 Å². The Bertz CT molecular complexity index is 585. The molecule has 0 bridgehead atoms. The molecule has 0 saturated carbocycles. The van der Waals surface area contributed by atoms with Crippen molar-refractivity contribution < 1.29 is 9.47 Å². The van der Waals surface area contributed by atoms with Gasteiger partial charge in [0, 0.05) is 11.6 Å². The molecule has 3 rings (SSSR count). The highest BCUT2D eigenvalue weighted by molar-refractivity contribution is 5.71. The lowest BCUT2D eigenvalue weighted by molar-refractivity contribution is 0.354. The summed E-state index contributed by atoms with van der Waals surface area (Å²) in [4.78, 5) is 0. The quantitative estimate of drug-likeness (QED) is 0.777. The van der Waals surface area contributed by atoms with Crippen LogP contribution in [-0.2, 0) is 0 Å². The second kappa shape index (κ2) is 4.57. The van der Waals surface area contributed by atoms with E-state index >= 15 is 0 Å². The minimum atomic E-state index is 0.633. The molecule has 18 heavy (non-hydrogen) atoms. The molecule has 0 radical (unpaired) electrons. The van der Waals surface area contributed by atoms with Gasteiger partial charge in [0.25, 0.3) is 0 Å². The van der Waals surface area contributed by atoms with E-state index in [1.807, 2.05) is 48.5 Å². The summed E-state index contributed by atoms with van der Waals surface area (Å²) in [6, 6.07) is 15.7. The molecule has 0 fully saturated rings. The molecule has 90 valence electrons. The first-order valence-electron chi connectivity index (χ1n) is 6.00. The van der Waals surface area contributed by atoms with Gasteiger partial charge in [-0.3, -0.25) is 0 Å². The third-order valence-corrected chi connectivity index (χ3v) is 2.99. The van der Waals surface area contributed by atoms with Crippen LogP contribution in [0.1, 0.15) is 12.5 Å². The predicted molar refractivity (Wildman–Crippen MR) is 72.1 cm³/mol. The Balaban J connectivity index is 1.89. The largest absolute Gasteiger partial charge is 0.489 e. The first-order valence-corrected chi connectivity index (χ1v) is 6.00. The zero-order chi connectivity index (χ0) is 12.4. The van der Waals surface area contributed by atoms with E-state index < -0.39 is 0 Å². The van der Waals surface area contributed by atoms with Crippen molar-refractivity contribution in [3.8, 4) is 17.2 Å². The Hall–Kier alpha value is -2.22. The van der Waals surface area contributed by atoms with Crippen LogP contribution in [0, 0.1) is 0 Å². The maximum Gasteiger partial charge on any atom is 0.131 e. The Morgan fingerprint density at radius 1 is 1.00 bits per heavy atom. The normalized spacial score (nSPS) is 13.3. The molecule has 0 aromatic heterocycles. The van der Waals surface area contributed by atoms with Gasteiger partial charge in [-0.1, -0.05) is 18.2 Å². The monoisotopic (exact) mass is 238 g/mol. The molecule has 1 aliphatic heterocycles. The van der Waals surface area contributed by atoms with Crippen LogP contribution in [0.25, 0.3) is 5.57 Å². The Kier molecular flexibility index (Phi) is 2.77. The molecule has 0 saturated heterocycles. The summed E-state index contributed by atoms with van der Waals surface area (Å²) in [5.74, 6) is 2.53. The number of allylic oxidation sites excluding steroid dienone is 1. The van der Waals surface area contributed by atoms with E-state index in [4.69, 9.17) is 9.47 Å².